The Bertz CT molecular complexity index is 534. The third-order valence-electron chi connectivity index (χ3n) is 1.88. The van der Waals surface area contributed by atoms with Crippen molar-refractivity contribution in [3.63, 3.8) is 0 Å². The third kappa shape index (κ3) is 3.74. The van der Waals surface area contributed by atoms with Crippen molar-refractivity contribution in [1.82, 2.24) is 0 Å². The summed E-state index contributed by atoms with van der Waals surface area (Å²) in [7, 11) is 1.25. The highest BCUT2D eigenvalue weighted by Crippen LogP contribution is 2.34. The van der Waals surface area contributed by atoms with Crippen molar-refractivity contribution < 1.29 is 13.2 Å². The lowest BCUT2D eigenvalue weighted by atomic mass is 10.3. The maximum absolute atomic E-state index is 11.2. The van der Waals surface area contributed by atoms with E-state index in [1.165, 1.54) is 0 Å². The first-order valence-corrected chi connectivity index (χ1v) is 7.55. The fraction of sp³-hybridized carbons (Fsp3) is 0.222. The molecule has 0 unspecified atom stereocenters. The lowest BCUT2D eigenvalue weighted by molar-refractivity contribution is -0.115. The molecule has 0 atom stereocenters. The quantitative estimate of drug-likeness (QED) is 0.871. The van der Waals surface area contributed by atoms with Gasteiger partial charge in [-0.25, -0.2) is 8.42 Å². The summed E-state index contributed by atoms with van der Waals surface area (Å²) in [4.78, 5) is 11.0. The number of benzene rings is 1. The number of nitrogens with one attached hydrogen (secondary N) is 1. The summed E-state index contributed by atoms with van der Waals surface area (Å²) >= 11 is 11.6. The van der Waals surface area contributed by atoms with Crippen molar-refractivity contribution in [2.24, 2.45) is 0 Å². The van der Waals surface area contributed by atoms with Gasteiger partial charge in [-0.15, -0.1) is 0 Å². The highest BCUT2D eigenvalue weighted by molar-refractivity contribution is 8.13. The predicted octanol–water partition coefficient (Wildman–Crippen LogP) is 3.27. The summed E-state index contributed by atoms with van der Waals surface area (Å²) in [6, 6.07) is 2.25. The van der Waals surface area contributed by atoms with E-state index in [9.17, 15) is 13.2 Å². The van der Waals surface area contributed by atoms with Crippen LogP contribution in [0.4, 0.5) is 5.69 Å². The van der Waals surface area contributed by atoms with Gasteiger partial charge in [0.25, 0.3) is 9.05 Å². The molecule has 17 heavy (non-hydrogen) atoms. The second-order valence-corrected chi connectivity index (χ2v) is 6.48. The highest BCUT2D eigenvalue weighted by atomic mass is 35.7. The van der Waals surface area contributed by atoms with E-state index in [1.807, 2.05) is 0 Å². The highest BCUT2D eigenvalue weighted by Gasteiger charge is 2.16. The largest absolute Gasteiger partial charge is 0.324 e. The van der Waals surface area contributed by atoms with Crippen LogP contribution in [-0.2, 0) is 13.8 Å². The smallest absolute Gasteiger partial charge is 0.261 e. The van der Waals surface area contributed by atoms with Crippen LogP contribution in [0.15, 0.2) is 17.0 Å². The van der Waals surface area contributed by atoms with E-state index in [4.69, 9.17) is 33.9 Å². The fourth-order valence-electron chi connectivity index (χ4n) is 1.04. The molecule has 94 valence electrons. The summed E-state index contributed by atoms with van der Waals surface area (Å²) in [6.45, 7) is 1.66. The summed E-state index contributed by atoms with van der Waals surface area (Å²) in [6.07, 6.45) is 0.252. The second-order valence-electron chi connectivity index (χ2n) is 3.10. The van der Waals surface area contributed by atoms with Gasteiger partial charge in [0.05, 0.1) is 20.6 Å². The Labute approximate surface area is 113 Å². The molecule has 0 aliphatic heterocycles. The van der Waals surface area contributed by atoms with Crippen molar-refractivity contribution in [2.45, 2.75) is 18.2 Å². The average molecular weight is 317 g/mol. The Morgan fingerprint density at radius 2 is 1.76 bits per heavy atom. The zero-order chi connectivity index (χ0) is 13.2. The molecule has 0 aliphatic rings. The van der Waals surface area contributed by atoms with Gasteiger partial charge in [0, 0.05) is 17.1 Å². The monoisotopic (exact) mass is 315 g/mol. The van der Waals surface area contributed by atoms with Crippen molar-refractivity contribution in [3.8, 4) is 0 Å². The van der Waals surface area contributed by atoms with Crippen molar-refractivity contribution >= 4 is 54.5 Å². The van der Waals surface area contributed by atoms with Gasteiger partial charge in [0.1, 0.15) is 0 Å². The number of carbonyl (C=O) groups excluding carboxylic acids is 1. The Kier molecular flexibility index (Phi) is 4.66. The fourth-order valence-corrected chi connectivity index (χ4v) is 2.53. The van der Waals surface area contributed by atoms with Gasteiger partial charge in [-0.1, -0.05) is 30.1 Å². The third-order valence-corrected chi connectivity index (χ3v) is 3.81. The second kappa shape index (κ2) is 5.44. The lowest BCUT2D eigenvalue weighted by Gasteiger charge is -2.09. The molecule has 1 aromatic carbocycles. The van der Waals surface area contributed by atoms with E-state index in [0.29, 0.717) is 0 Å². The van der Waals surface area contributed by atoms with E-state index >= 15 is 0 Å². The van der Waals surface area contributed by atoms with Gasteiger partial charge in [-0.3, -0.25) is 4.79 Å². The first kappa shape index (κ1) is 14.6. The van der Waals surface area contributed by atoms with Crippen LogP contribution in [0.3, 0.4) is 0 Å². The van der Waals surface area contributed by atoms with Crippen LogP contribution in [0.25, 0.3) is 0 Å². The van der Waals surface area contributed by atoms with Crippen molar-refractivity contribution in [1.29, 1.82) is 0 Å². The minimum absolute atomic E-state index is 0.0125. The number of hydrogen-bond donors (Lipinski definition) is 1. The Morgan fingerprint density at radius 3 is 2.12 bits per heavy atom. The van der Waals surface area contributed by atoms with Gasteiger partial charge < -0.3 is 5.32 Å². The van der Waals surface area contributed by atoms with Crippen LogP contribution in [-0.4, -0.2) is 14.3 Å². The lowest BCUT2D eigenvalue weighted by Crippen LogP contribution is -2.10. The Morgan fingerprint density at radius 1 is 1.29 bits per heavy atom. The topological polar surface area (TPSA) is 63.2 Å². The number of rotatable bonds is 3. The molecule has 1 N–H and O–H groups in total. The number of hydrogen-bond acceptors (Lipinski definition) is 3. The van der Waals surface area contributed by atoms with Gasteiger partial charge in [-0.2, -0.15) is 0 Å². The van der Waals surface area contributed by atoms with Crippen LogP contribution >= 0.6 is 33.9 Å². The summed E-state index contributed by atoms with van der Waals surface area (Å²) < 4.78 is 22.2. The maximum atomic E-state index is 11.2. The number of carbonyl (C=O) groups is 1. The zero-order valence-corrected chi connectivity index (χ0v) is 11.7. The van der Waals surface area contributed by atoms with E-state index < -0.39 is 9.05 Å². The SMILES string of the molecule is CCC(=O)Nc1c(Cl)cc(S(=O)(=O)Cl)cc1Cl. The van der Waals surface area contributed by atoms with Crippen LogP contribution in [0.2, 0.25) is 10.0 Å². The van der Waals surface area contributed by atoms with E-state index in [-0.39, 0.29) is 33.0 Å². The molecule has 8 heteroatoms. The number of halogens is 3. The predicted molar refractivity (Wildman–Crippen MR) is 68.4 cm³/mol. The summed E-state index contributed by atoms with van der Waals surface area (Å²) in [5, 5.41) is 2.49. The molecule has 0 fully saturated rings. The Balaban J connectivity index is 3.25. The standard InChI is InChI=1S/C9H8Cl3NO3S/c1-2-8(14)13-9-6(10)3-5(4-7(9)11)17(12,15)16/h3-4H,2H2,1H3,(H,13,14). The summed E-state index contributed by atoms with van der Waals surface area (Å²) in [5.74, 6) is -0.282. The molecule has 0 radical (unpaired) electrons. The van der Waals surface area contributed by atoms with Crippen LogP contribution in [0, 0.1) is 0 Å². The molecular formula is C9H8Cl3NO3S. The van der Waals surface area contributed by atoms with Crippen LogP contribution in [0.5, 0.6) is 0 Å². The normalized spacial score (nSPS) is 11.3. The van der Waals surface area contributed by atoms with Gasteiger partial charge in [0.15, 0.2) is 0 Å². The number of anilines is 1. The molecule has 1 rings (SSSR count). The van der Waals surface area contributed by atoms with Crippen molar-refractivity contribution in [3.05, 3.63) is 22.2 Å². The minimum atomic E-state index is -3.91. The van der Waals surface area contributed by atoms with Gasteiger partial charge >= 0.3 is 0 Å². The summed E-state index contributed by atoms with van der Waals surface area (Å²) in [5.41, 5.74) is 0.171. The maximum Gasteiger partial charge on any atom is 0.261 e. The van der Waals surface area contributed by atoms with E-state index in [1.54, 1.807) is 6.92 Å². The number of amides is 1. The molecule has 0 spiro atoms. The molecule has 0 aliphatic carbocycles. The van der Waals surface area contributed by atoms with Crippen molar-refractivity contribution in [2.75, 3.05) is 5.32 Å². The van der Waals surface area contributed by atoms with E-state index in [2.05, 4.69) is 5.32 Å². The molecule has 1 aromatic rings. The minimum Gasteiger partial charge on any atom is -0.324 e. The molecule has 1 amide bonds. The van der Waals surface area contributed by atoms with Crippen LogP contribution in [0.1, 0.15) is 13.3 Å². The molecule has 0 saturated heterocycles. The first-order chi connectivity index (χ1) is 7.75. The molecule has 0 aromatic heterocycles. The van der Waals surface area contributed by atoms with Gasteiger partial charge in [-0.05, 0) is 12.1 Å². The molecule has 4 nitrogen and oxygen atoms in total. The Hall–Kier alpha value is -0.490. The van der Waals surface area contributed by atoms with Crippen LogP contribution < -0.4 is 5.32 Å². The molecule has 0 bridgehead atoms. The van der Waals surface area contributed by atoms with E-state index in [0.717, 1.165) is 12.1 Å². The molecule has 0 saturated carbocycles. The molecule has 0 heterocycles. The first-order valence-electron chi connectivity index (χ1n) is 4.49. The van der Waals surface area contributed by atoms with Gasteiger partial charge in [0.2, 0.25) is 5.91 Å². The average Bonchev–Trinajstić information content (AvgIpc) is 2.21. The molecular weight excluding hydrogens is 309 g/mol. The zero-order valence-electron chi connectivity index (χ0n) is 8.63.